The summed E-state index contributed by atoms with van der Waals surface area (Å²) >= 11 is 0. The standard InChI is InChI=1S/C6H9.Hf/c1-5(2)6(3)4;/h1H,3H2,2,4H3;/q-1;. The first kappa shape index (κ1) is 10.4. The van der Waals surface area contributed by atoms with E-state index < -0.39 is 0 Å². The van der Waals surface area contributed by atoms with Crippen molar-refractivity contribution in [1.82, 2.24) is 0 Å². The summed E-state index contributed by atoms with van der Waals surface area (Å²) in [7, 11) is 0. The van der Waals surface area contributed by atoms with Gasteiger partial charge in [-0.2, -0.15) is 6.58 Å². The molecule has 0 aromatic carbocycles. The fourth-order valence-corrected chi connectivity index (χ4v) is 0. The van der Waals surface area contributed by atoms with Gasteiger partial charge in [0.1, 0.15) is 0 Å². The summed E-state index contributed by atoms with van der Waals surface area (Å²) in [6.45, 7) is 12.6. The minimum Gasteiger partial charge on any atom is -0.290 e. The van der Waals surface area contributed by atoms with Crippen molar-refractivity contribution in [1.29, 1.82) is 0 Å². The third-order valence-corrected chi connectivity index (χ3v) is 0.673. The third kappa shape index (κ3) is 6.35. The SMILES string of the molecule is [CH-]=C(C)C(=C)C.[Hf]. The van der Waals surface area contributed by atoms with E-state index in [1.165, 1.54) is 0 Å². The Kier molecular flexibility index (Phi) is 6.67. The molecule has 0 spiro atoms. The third-order valence-electron chi connectivity index (χ3n) is 0.673. The van der Waals surface area contributed by atoms with Crippen LogP contribution in [0.1, 0.15) is 13.8 Å². The van der Waals surface area contributed by atoms with Gasteiger partial charge in [0.15, 0.2) is 0 Å². The summed E-state index contributed by atoms with van der Waals surface area (Å²) in [5.41, 5.74) is 1.77. The van der Waals surface area contributed by atoms with Crippen molar-refractivity contribution in [3.05, 3.63) is 24.3 Å². The summed E-state index contributed by atoms with van der Waals surface area (Å²) in [5, 5.41) is 0. The van der Waals surface area contributed by atoms with E-state index in [4.69, 9.17) is 6.58 Å². The zero-order chi connectivity index (χ0) is 5.15. The van der Waals surface area contributed by atoms with Crippen LogP contribution in [0.5, 0.6) is 0 Å². The molecule has 0 aliphatic carbocycles. The monoisotopic (exact) mass is 261 g/mol. The van der Waals surface area contributed by atoms with Gasteiger partial charge in [-0.3, -0.25) is 6.58 Å². The molecule has 0 saturated carbocycles. The van der Waals surface area contributed by atoms with Crippen molar-refractivity contribution in [2.45, 2.75) is 13.8 Å². The topological polar surface area (TPSA) is 0 Å². The molecule has 0 aliphatic rings. The van der Waals surface area contributed by atoms with Crippen LogP contribution in [0.3, 0.4) is 0 Å². The largest absolute Gasteiger partial charge is 0.290 e. The van der Waals surface area contributed by atoms with Gasteiger partial charge in [0, 0.05) is 25.8 Å². The van der Waals surface area contributed by atoms with Crippen LogP contribution in [0.2, 0.25) is 0 Å². The maximum Gasteiger partial charge on any atom is 0 e. The van der Waals surface area contributed by atoms with Gasteiger partial charge >= 0.3 is 0 Å². The maximum atomic E-state index is 5.25. The molecule has 0 aliphatic heterocycles. The Hall–Kier alpha value is 0.350. The van der Waals surface area contributed by atoms with Crippen molar-refractivity contribution in [3.63, 3.8) is 0 Å². The van der Waals surface area contributed by atoms with Gasteiger partial charge in [-0.05, 0) is 0 Å². The number of hydrogen-bond donors (Lipinski definition) is 0. The molecular formula is C6H9Hf-. The van der Waals surface area contributed by atoms with E-state index >= 15 is 0 Å². The zero-order valence-corrected chi connectivity index (χ0v) is 8.38. The van der Waals surface area contributed by atoms with Crippen molar-refractivity contribution < 1.29 is 25.8 Å². The van der Waals surface area contributed by atoms with Gasteiger partial charge in [-0.15, -0.1) is 6.92 Å². The molecule has 38 valence electrons. The van der Waals surface area contributed by atoms with Gasteiger partial charge in [0.05, 0.1) is 0 Å². The van der Waals surface area contributed by atoms with E-state index in [0.29, 0.717) is 0 Å². The van der Waals surface area contributed by atoms with Crippen LogP contribution in [0.4, 0.5) is 0 Å². The number of allylic oxidation sites excluding steroid dienone is 2. The molecule has 0 aromatic heterocycles. The molecule has 1 heteroatoms. The predicted molar refractivity (Wildman–Crippen MR) is 28.3 cm³/mol. The normalized spacial score (nSPS) is 6.57. The van der Waals surface area contributed by atoms with Crippen LogP contribution in [0.15, 0.2) is 17.7 Å². The van der Waals surface area contributed by atoms with Crippen LogP contribution in [-0.2, 0) is 25.8 Å². The van der Waals surface area contributed by atoms with E-state index in [1.54, 1.807) is 0 Å². The Morgan fingerprint density at radius 3 is 1.57 bits per heavy atom. The Balaban J connectivity index is 0. The van der Waals surface area contributed by atoms with Crippen molar-refractivity contribution in [2.75, 3.05) is 0 Å². The quantitative estimate of drug-likeness (QED) is 0.384. The van der Waals surface area contributed by atoms with Crippen molar-refractivity contribution in [3.8, 4) is 0 Å². The molecular weight excluding hydrogens is 251 g/mol. The first-order chi connectivity index (χ1) is 2.64. The molecule has 0 saturated heterocycles. The Morgan fingerprint density at radius 1 is 1.43 bits per heavy atom. The maximum absolute atomic E-state index is 5.25. The molecule has 0 radical (unpaired) electrons. The van der Waals surface area contributed by atoms with Gasteiger partial charge < -0.3 is 0 Å². The van der Waals surface area contributed by atoms with E-state index in [-0.39, 0.29) is 25.8 Å². The summed E-state index contributed by atoms with van der Waals surface area (Å²) in [4.78, 5) is 0. The molecule has 0 amide bonds. The minimum absolute atomic E-state index is 0. The van der Waals surface area contributed by atoms with Gasteiger partial charge in [0.2, 0.25) is 0 Å². The van der Waals surface area contributed by atoms with Crippen molar-refractivity contribution in [2.24, 2.45) is 0 Å². The average molecular weight is 260 g/mol. The molecule has 7 heavy (non-hydrogen) atoms. The van der Waals surface area contributed by atoms with Gasteiger partial charge in [-0.1, -0.05) is 6.92 Å². The zero-order valence-electron chi connectivity index (χ0n) is 4.78. The fourth-order valence-electron chi connectivity index (χ4n) is 0. The average Bonchev–Trinajstić information content (AvgIpc) is 1.36. The minimum atomic E-state index is 0. The van der Waals surface area contributed by atoms with Crippen LogP contribution >= 0.6 is 0 Å². The summed E-state index contributed by atoms with van der Waals surface area (Å²) in [6, 6.07) is 0. The van der Waals surface area contributed by atoms with Crippen LogP contribution in [0, 0.1) is 6.58 Å². The second kappa shape index (κ2) is 4.51. The van der Waals surface area contributed by atoms with E-state index in [1.807, 2.05) is 13.8 Å². The fraction of sp³-hybridized carbons (Fsp3) is 0.333. The molecule has 0 nitrogen and oxygen atoms in total. The molecule has 0 fully saturated rings. The Bertz CT molecular complexity index is 70.2. The smallest absolute Gasteiger partial charge is 0 e. The first-order valence-corrected chi connectivity index (χ1v) is 1.89. The molecule has 0 bridgehead atoms. The van der Waals surface area contributed by atoms with Crippen LogP contribution in [-0.4, -0.2) is 0 Å². The molecule has 0 rings (SSSR count). The Labute approximate surface area is 64.1 Å². The summed E-state index contributed by atoms with van der Waals surface area (Å²) < 4.78 is 0. The summed E-state index contributed by atoms with van der Waals surface area (Å²) in [6.07, 6.45) is 0. The van der Waals surface area contributed by atoms with E-state index in [0.717, 1.165) is 11.1 Å². The predicted octanol–water partition coefficient (Wildman–Crippen LogP) is 1.94. The molecule has 0 atom stereocenters. The summed E-state index contributed by atoms with van der Waals surface area (Å²) in [5.74, 6) is 0. The van der Waals surface area contributed by atoms with Gasteiger partial charge in [0.25, 0.3) is 0 Å². The van der Waals surface area contributed by atoms with Crippen LogP contribution in [0.25, 0.3) is 0 Å². The van der Waals surface area contributed by atoms with Crippen LogP contribution < -0.4 is 0 Å². The molecule has 0 aromatic rings. The molecule has 0 heterocycles. The first-order valence-electron chi connectivity index (χ1n) is 1.89. The molecule has 0 N–H and O–H groups in total. The number of rotatable bonds is 1. The van der Waals surface area contributed by atoms with E-state index in [9.17, 15) is 0 Å². The van der Waals surface area contributed by atoms with Gasteiger partial charge in [-0.25, -0.2) is 11.1 Å². The van der Waals surface area contributed by atoms with E-state index in [2.05, 4.69) is 6.58 Å². The Morgan fingerprint density at radius 2 is 1.57 bits per heavy atom. The second-order valence-electron chi connectivity index (χ2n) is 1.46. The second-order valence-corrected chi connectivity index (χ2v) is 1.46. The molecule has 0 unspecified atom stereocenters. The van der Waals surface area contributed by atoms with Crippen molar-refractivity contribution >= 4 is 0 Å². The number of hydrogen-bond acceptors (Lipinski definition) is 0.